The van der Waals surface area contributed by atoms with Gasteiger partial charge in [-0.25, -0.2) is 0 Å². The Balaban J connectivity index is 1.89. The summed E-state index contributed by atoms with van der Waals surface area (Å²) in [4.78, 5) is 0. The molecule has 0 aromatic carbocycles. The second-order valence-electron chi connectivity index (χ2n) is 6.26. The van der Waals surface area contributed by atoms with E-state index < -0.39 is 0 Å². The molecule has 0 aliphatic rings. The highest BCUT2D eigenvalue weighted by molar-refractivity contribution is 4.99. The van der Waals surface area contributed by atoms with Crippen molar-refractivity contribution in [3.63, 3.8) is 0 Å². The maximum absolute atomic E-state index is 10.0. The van der Waals surface area contributed by atoms with E-state index in [9.17, 15) is 5.11 Å². The molecule has 0 fully saturated rings. The van der Waals surface area contributed by atoms with Gasteiger partial charge in [0.2, 0.25) is 0 Å². The minimum Gasteiger partial charge on any atom is -0.393 e. The van der Waals surface area contributed by atoms with Crippen molar-refractivity contribution >= 4 is 0 Å². The van der Waals surface area contributed by atoms with Gasteiger partial charge in [0.05, 0.1) is 6.10 Å². The average molecular weight is 294 g/mol. The second-order valence-corrected chi connectivity index (χ2v) is 6.26. The summed E-state index contributed by atoms with van der Waals surface area (Å²) >= 11 is 0. The normalized spacial score (nSPS) is 12.7. The topological polar surface area (TPSA) is 38.1 Å². The van der Waals surface area contributed by atoms with Crippen LogP contribution in [0.3, 0.4) is 0 Å². The van der Waals surface area contributed by atoms with Crippen LogP contribution < -0.4 is 0 Å². The highest BCUT2D eigenvalue weighted by atomic mass is 16.3. The van der Waals surface area contributed by atoms with Crippen molar-refractivity contribution in [2.75, 3.05) is 0 Å². The highest BCUT2D eigenvalue weighted by Gasteiger charge is 2.06. The molecule has 1 atom stereocenters. The number of hydrogen-bond acceptors (Lipinski definition) is 2. The predicted molar refractivity (Wildman–Crippen MR) is 89.4 cm³/mol. The molecule has 0 saturated carbocycles. The van der Waals surface area contributed by atoms with Gasteiger partial charge in [0.15, 0.2) is 0 Å². The van der Waals surface area contributed by atoms with Crippen LogP contribution in [-0.4, -0.2) is 21.0 Å². The molecule has 1 aromatic heterocycles. The minimum absolute atomic E-state index is 0.149. The lowest BCUT2D eigenvalue weighted by Crippen LogP contribution is -2.09. The van der Waals surface area contributed by atoms with Crippen LogP contribution in [0.5, 0.6) is 0 Å². The number of aryl methyl sites for hydroxylation is 2. The predicted octanol–water partition coefficient (Wildman–Crippen LogP) is 4.63. The Morgan fingerprint density at radius 3 is 2.19 bits per heavy atom. The Morgan fingerprint density at radius 1 is 1.00 bits per heavy atom. The zero-order chi connectivity index (χ0) is 15.3. The fourth-order valence-electron chi connectivity index (χ4n) is 2.80. The van der Waals surface area contributed by atoms with Crippen molar-refractivity contribution in [3.05, 3.63) is 18.0 Å². The van der Waals surface area contributed by atoms with Gasteiger partial charge in [-0.15, -0.1) is 0 Å². The summed E-state index contributed by atoms with van der Waals surface area (Å²) in [7, 11) is 1.96. The first-order valence-corrected chi connectivity index (χ1v) is 8.89. The molecule has 3 nitrogen and oxygen atoms in total. The van der Waals surface area contributed by atoms with Crippen molar-refractivity contribution in [2.45, 2.75) is 90.1 Å². The van der Waals surface area contributed by atoms with Gasteiger partial charge < -0.3 is 5.11 Å². The van der Waals surface area contributed by atoms with Gasteiger partial charge in [0.25, 0.3) is 0 Å². The van der Waals surface area contributed by atoms with Crippen LogP contribution in [0.25, 0.3) is 0 Å². The zero-order valence-corrected chi connectivity index (χ0v) is 14.1. The maximum Gasteiger partial charge on any atom is 0.0544 e. The minimum atomic E-state index is -0.149. The van der Waals surface area contributed by atoms with Gasteiger partial charge in [0, 0.05) is 18.9 Å². The second kappa shape index (κ2) is 11.8. The highest BCUT2D eigenvalue weighted by Crippen LogP contribution is 2.13. The zero-order valence-electron chi connectivity index (χ0n) is 14.1. The molecule has 122 valence electrons. The average Bonchev–Trinajstić information content (AvgIpc) is 2.89. The molecule has 1 aromatic rings. The SMILES string of the molecule is CCCCCCCCCCCC(O)CCc1ccnn1C. The van der Waals surface area contributed by atoms with Gasteiger partial charge in [-0.05, 0) is 25.3 Å². The number of unbranched alkanes of at least 4 members (excludes halogenated alkanes) is 8. The summed E-state index contributed by atoms with van der Waals surface area (Å²) in [6, 6.07) is 2.03. The number of aliphatic hydroxyl groups excluding tert-OH is 1. The van der Waals surface area contributed by atoms with Crippen molar-refractivity contribution in [1.82, 2.24) is 9.78 Å². The number of aliphatic hydroxyl groups is 1. The smallest absolute Gasteiger partial charge is 0.0544 e. The van der Waals surface area contributed by atoms with Crippen molar-refractivity contribution in [2.24, 2.45) is 7.05 Å². The summed E-state index contributed by atoms with van der Waals surface area (Å²) in [6.45, 7) is 2.26. The van der Waals surface area contributed by atoms with Crippen LogP contribution in [0.15, 0.2) is 12.3 Å². The molecular weight excluding hydrogens is 260 g/mol. The Labute approximate surface area is 130 Å². The third-order valence-electron chi connectivity index (χ3n) is 4.30. The molecule has 3 heteroatoms. The van der Waals surface area contributed by atoms with Crippen LogP contribution in [0.2, 0.25) is 0 Å². The molecule has 1 unspecified atom stereocenters. The van der Waals surface area contributed by atoms with E-state index in [2.05, 4.69) is 12.0 Å². The molecule has 0 saturated heterocycles. The van der Waals surface area contributed by atoms with Crippen molar-refractivity contribution in [3.8, 4) is 0 Å². The van der Waals surface area contributed by atoms with Gasteiger partial charge >= 0.3 is 0 Å². The first kappa shape index (κ1) is 18.2. The molecule has 0 radical (unpaired) electrons. The van der Waals surface area contributed by atoms with Crippen molar-refractivity contribution in [1.29, 1.82) is 0 Å². The van der Waals surface area contributed by atoms with Crippen LogP contribution in [0.4, 0.5) is 0 Å². The quantitative estimate of drug-likeness (QED) is 0.538. The first-order valence-electron chi connectivity index (χ1n) is 8.89. The Bertz CT molecular complexity index is 349. The van der Waals surface area contributed by atoms with Gasteiger partial charge in [-0.3, -0.25) is 4.68 Å². The van der Waals surface area contributed by atoms with Crippen LogP contribution in [0.1, 0.15) is 83.2 Å². The third kappa shape index (κ3) is 8.92. The number of hydrogen-bond donors (Lipinski definition) is 1. The fourth-order valence-corrected chi connectivity index (χ4v) is 2.80. The summed E-state index contributed by atoms with van der Waals surface area (Å²) in [5.41, 5.74) is 1.21. The molecule has 1 heterocycles. The van der Waals surface area contributed by atoms with E-state index in [1.54, 1.807) is 0 Å². The lowest BCUT2D eigenvalue weighted by atomic mass is 10.0. The van der Waals surface area contributed by atoms with Crippen LogP contribution in [-0.2, 0) is 13.5 Å². The first-order chi connectivity index (χ1) is 10.2. The summed E-state index contributed by atoms with van der Waals surface area (Å²) in [6.07, 6.45) is 16.5. The summed E-state index contributed by atoms with van der Waals surface area (Å²) in [5, 5.41) is 14.2. The number of aromatic nitrogens is 2. The molecule has 21 heavy (non-hydrogen) atoms. The van der Waals surface area contributed by atoms with Crippen molar-refractivity contribution < 1.29 is 5.11 Å². The third-order valence-corrected chi connectivity index (χ3v) is 4.30. The Hall–Kier alpha value is -0.830. The standard InChI is InChI=1S/C18H34N2O/c1-3-4-5-6-7-8-9-10-11-12-18(21)14-13-17-15-16-19-20(17)2/h15-16,18,21H,3-14H2,1-2H3. The van der Waals surface area contributed by atoms with E-state index in [0.717, 1.165) is 19.3 Å². The van der Waals surface area contributed by atoms with E-state index in [-0.39, 0.29) is 6.10 Å². The van der Waals surface area contributed by atoms with Gasteiger partial charge in [-0.2, -0.15) is 5.10 Å². The Morgan fingerprint density at radius 2 is 1.62 bits per heavy atom. The maximum atomic E-state index is 10.0. The Kier molecular flexibility index (Phi) is 10.2. The molecule has 0 bridgehead atoms. The van der Waals surface area contributed by atoms with Gasteiger partial charge in [0.1, 0.15) is 0 Å². The van der Waals surface area contributed by atoms with E-state index in [4.69, 9.17) is 0 Å². The molecular formula is C18H34N2O. The molecule has 0 spiro atoms. The lowest BCUT2D eigenvalue weighted by molar-refractivity contribution is 0.150. The molecule has 0 amide bonds. The summed E-state index contributed by atoms with van der Waals surface area (Å²) in [5.74, 6) is 0. The largest absolute Gasteiger partial charge is 0.393 e. The van der Waals surface area contributed by atoms with Crippen LogP contribution >= 0.6 is 0 Å². The summed E-state index contributed by atoms with van der Waals surface area (Å²) < 4.78 is 1.89. The molecule has 1 rings (SSSR count). The van der Waals surface area contributed by atoms with E-state index in [1.165, 1.54) is 63.5 Å². The van der Waals surface area contributed by atoms with Gasteiger partial charge in [-0.1, -0.05) is 64.7 Å². The molecule has 0 aliphatic heterocycles. The van der Waals surface area contributed by atoms with Crippen LogP contribution in [0, 0.1) is 0 Å². The fraction of sp³-hybridized carbons (Fsp3) is 0.833. The molecule has 0 aliphatic carbocycles. The number of rotatable bonds is 13. The lowest BCUT2D eigenvalue weighted by Gasteiger charge is -2.10. The van der Waals surface area contributed by atoms with E-state index >= 15 is 0 Å². The van der Waals surface area contributed by atoms with E-state index in [1.807, 2.05) is 24.0 Å². The number of nitrogens with zero attached hydrogens (tertiary/aromatic N) is 2. The molecule has 1 N–H and O–H groups in total. The van der Waals surface area contributed by atoms with E-state index in [0.29, 0.717) is 0 Å². The monoisotopic (exact) mass is 294 g/mol.